The van der Waals surface area contributed by atoms with E-state index in [0.717, 1.165) is 23.8 Å². The monoisotopic (exact) mass is 378 g/mol. The Balaban J connectivity index is 1.53. The molecule has 4 nitrogen and oxygen atoms in total. The van der Waals surface area contributed by atoms with E-state index in [-0.39, 0.29) is 12.5 Å². The predicted molar refractivity (Wildman–Crippen MR) is 102 cm³/mol. The topological polar surface area (TPSA) is 32.8 Å². The summed E-state index contributed by atoms with van der Waals surface area (Å²) >= 11 is 12.0. The lowest BCUT2D eigenvalue weighted by molar-refractivity contribution is -0.133. The van der Waals surface area contributed by atoms with Crippen molar-refractivity contribution in [2.45, 2.75) is 6.92 Å². The van der Waals surface area contributed by atoms with E-state index in [9.17, 15) is 4.79 Å². The molecule has 25 heavy (non-hydrogen) atoms. The summed E-state index contributed by atoms with van der Waals surface area (Å²) in [4.78, 5) is 16.4. The Morgan fingerprint density at radius 3 is 2.48 bits per heavy atom. The van der Waals surface area contributed by atoms with Crippen LogP contribution in [-0.2, 0) is 4.79 Å². The molecule has 1 fully saturated rings. The number of rotatable bonds is 4. The summed E-state index contributed by atoms with van der Waals surface area (Å²) in [6, 6.07) is 13.0. The van der Waals surface area contributed by atoms with Crippen LogP contribution >= 0.6 is 23.2 Å². The Bertz CT molecular complexity index is 759. The molecule has 2 aromatic carbocycles. The summed E-state index contributed by atoms with van der Waals surface area (Å²) in [7, 11) is 0. The fourth-order valence-corrected chi connectivity index (χ4v) is 3.26. The molecule has 0 unspecified atom stereocenters. The summed E-state index contributed by atoms with van der Waals surface area (Å²) in [5.74, 6) is 0.594. The predicted octanol–water partition coefficient (Wildman–Crippen LogP) is 4.03. The van der Waals surface area contributed by atoms with Gasteiger partial charge in [0, 0.05) is 41.9 Å². The van der Waals surface area contributed by atoms with Crippen molar-refractivity contribution in [1.29, 1.82) is 0 Å². The van der Waals surface area contributed by atoms with Gasteiger partial charge in [-0.1, -0.05) is 35.3 Å². The van der Waals surface area contributed by atoms with Crippen molar-refractivity contribution in [3.8, 4) is 5.75 Å². The van der Waals surface area contributed by atoms with Crippen LogP contribution in [0.15, 0.2) is 42.5 Å². The number of hydrogen-bond donors (Lipinski definition) is 0. The molecule has 0 aromatic heterocycles. The molecule has 0 N–H and O–H groups in total. The first-order chi connectivity index (χ1) is 12.0. The maximum absolute atomic E-state index is 12.3. The van der Waals surface area contributed by atoms with Crippen LogP contribution in [0.3, 0.4) is 0 Å². The van der Waals surface area contributed by atoms with Crippen LogP contribution in [0.4, 0.5) is 5.69 Å². The lowest BCUT2D eigenvalue weighted by Crippen LogP contribution is -2.50. The first-order valence-electron chi connectivity index (χ1n) is 8.20. The fourth-order valence-electron chi connectivity index (χ4n) is 2.91. The molecule has 132 valence electrons. The summed E-state index contributed by atoms with van der Waals surface area (Å²) in [5, 5.41) is 1.32. The third-order valence-corrected chi connectivity index (χ3v) is 4.77. The van der Waals surface area contributed by atoms with Crippen LogP contribution in [0.1, 0.15) is 5.56 Å². The molecular weight excluding hydrogens is 359 g/mol. The van der Waals surface area contributed by atoms with Gasteiger partial charge < -0.3 is 14.5 Å². The fraction of sp³-hybridized carbons (Fsp3) is 0.316. The second kappa shape index (κ2) is 7.98. The Kier molecular flexibility index (Phi) is 5.71. The first kappa shape index (κ1) is 17.9. The van der Waals surface area contributed by atoms with Gasteiger partial charge >= 0.3 is 0 Å². The highest BCUT2D eigenvalue weighted by atomic mass is 35.5. The number of amides is 1. The quantitative estimate of drug-likeness (QED) is 0.804. The molecule has 1 aliphatic heterocycles. The smallest absolute Gasteiger partial charge is 0.260 e. The van der Waals surface area contributed by atoms with Gasteiger partial charge in [0.2, 0.25) is 0 Å². The SMILES string of the molecule is Cc1ccc(Cl)cc1N1CCN(C(=O)COc2cccc(Cl)c2)CC1. The average Bonchev–Trinajstić information content (AvgIpc) is 2.62. The number of carbonyl (C=O) groups excluding carboxylic acids is 1. The average molecular weight is 379 g/mol. The number of hydrogen-bond acceptors (Lipinski definition) is 3. The Morgan fingerprint density at radius 1 is 1.04 bits per heavy atom. The summed E-state index contributed by atoms with van der Waals surface area (Å²) in [6.07, 6.45) is 0. The molecule has 1 saturated heterocycles. The number of anilines is 1. The van der Waals surface area contributed by atoms with Crippen molar-refractivity contribution in [2.75, 3.05) is 37.7 Å². The van der Waals surface area contributed by atoms with Crippen LogP contribution in [0.5, 0.6) is 5.75 Å². The van der Waals surface area contributed by atoms with Crippen LogP contribution in [0.2, 0.25) is 10.0 Å². The highest BCUT2D eigenvalue weighted by Gasteiger charge is 2.22. The minimum Gasteiger partial charge on any atom is -0.484 e. The van der Waals surface area contributed by atoms with Crippen molar-refractivity contribution in [3.05, 3.63) is 58.1 Å². The van der Waals surface area contributed by atoms with Gasteiger partial charge in [0.15, 0.2) is 6.61 Å². The summed E-state index contributed by atoms with van der Waals surface area (Å²) in [5.41, 5.74) is 2.32. The van der Waals surface area contributed by atoms with Gasteiger partial charge in [-0.25, -0.2) is 0 Å². The summed E-state index contributed by atoms with van der Waals surface area (Å²) in [6.45, 7) is 5.00. The van der Waals surface area contributed by atoms with Crippen molar-refractivity contribution < 1.29 is 9.53 Å². The maximum Gasteiger partial charge on any atom is 0.260 e. The Morgan fingerprint density at radius 2 is 1.76 bits per heavy atom. The minimum absolute atomic E-state index is 0.0116. The van der Waals surface area contributed by atoms with Gasteiger partial charge in [0.05, 0.1) is 0 Å². The van der Waals surface area contributed by atoms with Crippen molar-refractivity contribution >= 4 is 34.8 Å². The van der Waals surface area contributed by atoms with E-state index < -0.39 is 0 Å². The van der Waals surface area contributed by atoms with Gasteiger partial charge in [-0.3, -0.25) is 4.79 Å². The molecule has 0 saturated carbocycles. The minimum atomic E-state index is -0.0116. The van der Waals surface area contributed by atoms with Crippen molar-refractivity contribution in [3.63, 3.8) is 0 Å². The van der Waals surface area contributed by atoms with Gasteiger partial charge in [0.25, 0.3) is 5.91 Å². The maximum atomic E-state index is 12.3. The van der Waals surface area contributed by atoms with E-state index >= 15 is 0 Å². The molecular formula is C19H20Cl2N2O2. The second-order valence-corrected chi connectivity index (χ2v) is 6.92. The molecule has 0 spiro atoms. The molecule has 1 amide bonds. The molecule has 1 heterocycles. The molecule has 0 atom stereocenters. The third kappa shape index (κ3) is 4.59. The third-order valence-electron chi connectivity index (χ3n) is 4.30. The largest absolute Gasteiger partial charge is 0.484 e. The highest BCUT2D eigenvalue weighted by Crippen LogP contribution is 2.25. The van der Waals surface area contributed by atoms with E-state index in [1.54, 1.807) is 24.3 Å². The van der Waals surface area contributed by atoms with E-state index in [2.05, 4.69) is 11.8 Å². The number of halogens is 2. The number of piperazine rings is 1. The van der Waals surface area contributed by atoms with Gasteiger partial charge in [0.1, 0.15) is 5.75 Å². The number of carbonyl (C=O) groups is 1. The second-order valence-electron chi connectivity index (χ2n) is 6.04. The zero-order valence-electron chi connectivity index (χ0n) is 14.0. The molecule has 3 rings (SSSR count). The number of aryl methyl sites for hydroxylation is 1. The van der Waals surface area contributed by atoms with Gasteiger partial charge in [-0.15, -0.1) is 0 Å². The van der Waals surface area contributed by atoms with E-state index in [1.165, 1.54) is 5.56 Å². The molecule has 0 bridgehead atoms. The van der Waals surface area contributed by atoms with Gasteiger partial charge in [-0.2, -0.15) is 0 Å². The van der Waals surface area contributed by atoms with Crippen molar-refractivity contribution in [2.24, 2.45) is 0 Å². The first-order valence-corrected chi connectivity index (χ1v) is 8.96. The summed E-state index contributed by atoms with van der Waals surface area (Å²) < 4.78 is 5.54. The Hall–Kier alpha value is -1.91. The van der Waals surface area contributed by atoms with Gasteiger partial charge in [-0.05, 0) is 42.8 Å². The number of benzene rings is 2. The lowest BCUT2D eigenvalue weighted by atomic mass is 10.1. The number of ether oxygens (including phenoxy) is 1. The molecule has 0 aliphatic carbocycles. The zero-order valence-corrected chi connectivity index (χ0v) is 15.6. The highest BCUT2D eigenvalue weighted by molar-refractivity contribution is 6.31. The zero-order chi connectivity index (χ0) is 17.8. The molecule has 0 radical (unpaired) electrons. The van der Waals surface area contributed by atoms with E-state index in [1.807, 2.05) is 23.1 Å². The molecule has 2 aromatic rings. The van der Waals surface area contributed by atoms with Crippen LogP contribution in [0.25, 0.3) is 0 Å². The lowest BCUT2D eigenvalue weighted by Gasteiger charge is -2.36. The van der Waals surface area contributed by atoms with E-state index in [4.69, 9.17) is 27.9 Å². The number of nitrogens with zero attached hydrogens (tertiary/aromatic N) is 2. The van der Waals surface area contributed by atoms with Crippen LogP contribution < -0.4 is 9.64 Å². The van der Waals surface area contributed by atoms with Crippen molar-refractivity contribution in [1.82, 2.24) is 4.90 Å². The standard InChI is InChI=1S/C19H20Cl2N2O2/c1-14-5-6-16(21)12-18(14)22-7-9-23(10-8-22)19(24)13-25-17-4-2-3-15(20)11-17/h2-6,11-12H,7-10,13H2,1H3. The van der Waals surface area contributed by atoms with Crippen LogP contribution in [0, 0.1) is 6.92 Å². The van der Waals surface area contributed by atoms with E-state index in [0.29, 0.717) is 23.9 Å². The molecule has 6 heteroatoms. The normalized spacial score (nSPS) is 14.5. The van der Waals surface area contributed by atoms with Crippen LogP contribution in [-0.4, -0.2) is 43.6 Å². The molecule has 1 aliphatic rings. The Labute approximate surface area is 157 Å².